The lowest BCUT2D eigenvalue weighted by Gasteiger charge is -2.07. The molecule has 0 spiro atoms. The van der Waals surface area contributed by atoms with Gasteiger partial charge in [-0.15, -0.1) is 0 Å². The first kappa shape index (κ1) is 11.0. The zero-order valence-electron chi connectivity index (χ0n) is 7.54. The van der Waals surface area contributed by atoms with Crippen LogP contribution in [0.25, 0.3) is 0 Å². The Labute approximate surface area is 79.4 Å². The third-order valence-electron chi connectivity index (χ3n) is 1.65. The number of nitrogens with zero attached hydrogens (tertiary/aromatic N) is 1. The number of halogens is 3. The van der Waals surface area contributed by atoms with E-state index in [1.165, 1.54) is 6.07 Å². The van der Waals surface area contributed by atoms with Crippen LogP contribution in [0.2, 0.25) is 0 Å². The molecule has 2 nitrogen and oxygen atoms in total. The van der Waals surface area contributed by atoms with E-state index in [2.05, 4.69) is 4.98 Å². The van der Waals surface area contributed by atoms with Crippen LogP contribution in [0.4, 0.5) is 13.2 Å². The van der Waals surface area contributed by atoms with E-state index < -0.39 is 18.0 Å². The fraction of sp³-hybridized carbons (Fsp3) is 0.444. The van der Waals surface area contributed by atoms with E-state index in [1.54, 1.807) is 6.92 Å². The highest BCUT2D eigenvalue weighted by Crippen LogP contribution is 2.27. The van der Waals surface area contributed by atoms with Gasteiger partial charge in [-0.05, 0) is 25.0 Å². The molecule has 0 aliphatic heterocycles. The molecule has 1 N–H and O–H groups in total. The quantitative estimate of drug-likeness (QED) is 0.801. The first-order valence-corrected chi connectivity index (χ1v) is 4.10. The predicted octanol–water partition coefficient (Wildman–Crippen LogP) is 2.02. The predicted molar refractivity (Wildman–Crippen MR) is 44.6 cm³/mol. The smallest absolute Gasteiger partial charge is 0.393 e. The van der Waals surface area contributed by atoms with E-state index in [-0.39, 0.29) is 0 Å². The molecule has 1 aromatic heterocycles. The Morgan fingerprint density at radius 1 is 1.43 bits per heavy atom. The average Bonchev–Trinajstić information content (AvgIpc) is 2.02. The second-order valence-electron chi connectivity index (χ2n) is 3.10. The maximum absolute atomic E-state index is 12.1. The average molecular weight is 205 g/mol. The minimum Gasteiger partial charge on any atom is -0.393 e. The number of aromatic nitrogens is 1. The molecule has 1 unspecified atom stereocenters. The maximum atomic E-state index is 12.1. The van der Waals surface area contributed by atoms with Gasteiger partial charge in [0.15, 0.2) is 0 Å². The van der Waals surface area contributed by atoms with Crippen molar-refractivity contribution in [2.24, 2.45) is 0 Å². The summed E-state index contributed by atoms with van der Waals surface area (Å²) < 4.78 is 36.2. The molecule has 0 aliphatic rings. The van der Waals surface area contributed by atoms with Gasteiger partial charge in [0.2, 0.25) is 0 Å². The van der Waals surface area contributed by atoms with Gasteiger partial charge in [0.1, 0.15) is 5.69 Å². The molecule has 0 saturated carbocycles. The summed E-state index contributed by atoms with van der Waals surface area (Å²) in [7, 11) is 0. The molecule has 0 aliphatic carbocycles. The third-order valence-corrected chi connectivity index (χ3v) is 1.65. The molecular weight excluding hydrogens is 195 g/mol. The Kier molecular flexibility index (Phi) is 3.10. The second-order valence-corrected chi connectivity index (χ2v) is 3.10. The molecule has 1 rings (SSSR count). The van der Waals surface area contributed by atoms with Crippen LogP contribution in [0, 0.1) is 0 Å². The van der Waals surface area contributed by atoms with E-state index in [0.29, 0.717) is 12.0 Å². The molecule has 0 saturated heterocycles. The number of aliphatic hydroxyl groups is 1. The Morgan fingerprint density at radius 3 is 2.43 bits per heavy atom. The van der Waals surface area contributed by atoms with E-state index in [1.807, 2.05) is 0 Å². The lowest BCUT2D eigenvalue weighted by Crippen LogP contribution is -2.09. The Balaban J connectivity index is 2.79. The Morgan fingerprint density at radius 2 is 2.07 bits per heavy atom. The summed E-state index contributed by atoms with van der Waals surface area (Å²) in [5, 5.41) is 8.98. The highest BCUT2D eigenvalue weighted by atomic mass is 19.4. The first-order valence-electron chi connectivity index (χ1n) is 4.10. The topological polar surface area (TPSA) is 33.1 Å². The van der Waals surface area contributed by atoms with Crippen LogP contribution in [-0.4, -0.2) is 16.2 Å². The van der Waals surface area contributed by atoms with Crippen LogP contribution in [0.15, 0.2) is 18.3 Å². The molecule has 1 heterocycles. The Bertz CT molecular complexity index is 292. The summed E-state index contributed by atoms with van der Waals surface area (Å²) in [5.74, 6) is 0. The molecule has 0 fully saturated rings. The second kappa shape index (κ2) is 3.96. The molecule has 78 valence electrons. The van der Waals surface area contributed by atoms with E-state index >= 15 is 0 Å². The SMILES string of the molecule is CC(O)Cc1ccc(C(F)(F)F)nc1. The van der Waals surface area contributed by atoms with Gasteiger partial charge in [0.25, 0.3) is 0 Å². The molecule has 14 heavy (non-hydrogen) atoms. The molecule has 1 atom stereocenters. The summed E-state index contributed by atoms with van der Waals surface area (Å²) in [6.07, 6.45) is -3.53. The standard InChI is InChI=1S/C9H10F3NO/c1-6(14)4-7-2-3-8(13-5-7)9(10,11)12/h2-3,5-6,14H,4H2,1H3. The normalized spacial score (nSPS) is 14.1. The van der Waals surface area contributed by atoms with Gasteiger partial charge >= 0.3 is 6.18 Å². The van der Waals surface area contributed by atoms with Crippen molar-refractivity contribution in [1.29, 1.82) is 0 Å². The van der Waals surface area contributed by atoms with Crippen molar-refractivity contribution in [3.8, 4) is 0 Å². The van der Waals surface area contributed by atoms with Crippen LogP contribution in [0.3, 0.4) is 0 Å². The third kappa shape index (κ3) is 2.99. The molecular formula is C9H10F3NO. The van der Waals surface area contributed by atoms with Crippen LogP contribution in [0.1, 0.15) is 18.2 Å². The maximum Gasteiger partial charge on any atom is 0.433 e. The lowest BCUT2D eigenvalue weighted by molar-refractivity contribution is -0.141. The molecule has 0 radical (unpaired) electrons. The molecule has 0 bridgehead atoms. The monoisotopic (exact) mass is 205 g/mol. The fourth-order valence-corrected chi connectivity index (χ4v) is 1.05. The van der Waals surface area contributed by atoms with Gasteiger partial charge in [0.05, 0.1) is 6.10 Å². The molecule has 1 aromatic rings. The number of rotatable bonds is 2. The van der Waals surface area contributed by atoms with Crippen molar-refractivity contribution in [2.75, 3.05) is 0 Å². The zero-order chi connectivity index (χ0) is 10.8. The van der Waals surface area contributed by atoms with E-state index in [0.717, 1.165) is 12.3 Å². The molecule has 0 amide bonds. The van der Waals surface area contributed by atoms with Gasteiger partial charge < -0.3 is 5.11 Å². The number of hydrogen-bond acceptors (Lipinski definition) is 2. The van der Waals surface area contributed by atoms with E-state index in [9.17, 15) is 13.2 Å². The summed E-state index contributed by atoms with van der Waals surface area (Å²) in [6, 6.07) is 2.24. The molecule has 5 heteroatoms. The van der Waals surface area contributed by atoms with Gasteiger partial charge in [-0.25, -0.2) is 0 Å². The summed E-state index contributed by atoms with van der Waals surface area (Å²) >= 11 is 0. The Hall–Kier alpha value is -1.10. The number of pyridine rings is 1. The summed E-state index contributed by atoms with van der Waals surface area (Å²) in [4.78, 5) is 3.27. The highest BCUT2D eigenvalue weighted by molar-refractivity contribution is 5.16. The van der Waals surface area contributed by atoms with Crippen LogP contribution in [-0.2, 0) is 12.6 Å². The minimum absolute atomic E-state index is 0.311. The fourth-order valence-electron chi connectivity index (χ4n) is 1.05. The van der Waals surface area contributed by atoms with Gasteiger partial charge in [-0.3, -0.25) is 4.98 Å². The number of hydrogen-bond donors (Lipinski definition) is 1. The zero-order valence-corrected chi connectivity index (χ0v) is 7.54. The van der Waals surface area contributed by atoms with E-state index in [4.69, 9.17) is 5.11 Å². The highest BCUT2D eigenvalue weighted by Gasteiger charge is 2.31. The van der Waals surface area contributed by atoms with Crippen LogP contribution in [0.5, 0.6) is 0 Å². The van der Waals surface area contributed by atoms with Gasteiger partial charge in [0, 0.05) is 6.20 Å². The largest absolute Gasteiger partial charge is 0.433 e. The first-order chi connectivity index (χ1) is 6.39. The van der Waals surface area contributed by atoms with Crippen LogP contribution < -0.4 is 0 Å². The summed E-state index contributed by atoms with van der Waals surface area (Å²) in [6.45, 7) is 1.57. The van der Waals surface area contributed by atoms with Crippen molar-refractivity contribution >= 4 is 0 Å². The number of alkyl halides is 3. The number of aliphatic hydroxyl groups excluding tert-OH is 1. The minimum atomic E-state index is -4.40. The van der Waals surface area contributed by atoms with Crippen molar-refractivity contribution < 1.29 is 18.3 Å². The summed E-state index contributed by atoms with van der Waals surface area (Å²) in [5.41, 5.74) is -0.320. The van der Waals surface area contributed by atoms with Gasteiger partial charge in [-0.1, -0.05) is 6.07 Å². The van der Waals surface area contributed by atoms with Crippen molar-refractivity contribution in [2.45, 2.75) is 25.6 Å². The van der Waals surface area contributed by atoms with Crippen molar-refractivity contribution in [3.63, 3.8) is 0 Å². The molecule has 0 aromatic carbocycles. The van der Waals surface area contributed by atoms with Crippen molar-refractivity contribution in [3.05, 3.63) is 29.6 Å². The van der Waals surface area contributed by atoms with Crippen molar-refractivity contribution in [1.82, 2.24) is 4.98 Å². The van der Waals surface area contributed by atoms with Crippen LogP contribution >= 0.6 is 0 Å². The van der Waals surface area contributed by atoms with Gasteiger partial charge in [-0.2, -0.15) is 13.2 Å². The lowest BCUT2D eigenvalue weighted by atomic mass is 10.1.